The van der Waals surface area contributed by atoms with Crippen molar-refractivity contribution in [2.45, 2.75) is 39.5 Å². The maximum atomic E-state index is 12.8. The third-order valence-corrected chi connectivity index (χ3v) is 4.61. The summed E-state index contributed by atoms with van der Waals surface area (Å²) in [6, 6.07) is 9.04. The third kappa shape index (κ3) is 5.63. The molecule has 0 fully saturated rings. The van der Waals surface area contributed by atoms with Crippen molar-refractivity contribution in [2.24, 2.45) is 0 Å². The van der Waals surface area contributed by atoms with E-state index in [2.05, 4.69) is 13.5 Å². The molecule has 1 unspecified atom stereocenters. The lowest BCUT2D eigenvalue weighted by molar-refractivity contribution is 0.243. The fourth-order valence-electron chi connectivity index (χ4n) is 1.68. The van der Waals surface area contributed by atoms with Crippen molar-refractivity contribution in [3.8, 4) is 0 Å². The number of allylic oxidation sites excluding steroid dienone is 1. The molecular formula is C15H23O3P. The number of rotatable bonds is 9. The average molecular weight is 282 g/mol. The first-order chi connectivity index (χ1) is 9.08. The third-order valence-electron chi connectivity index (χ3n) is 2.61. The van der Waals surface area contributed by atoms with Crippen LogP contribution in [0.4, 0.5) is 0 Å². The van der Waals surface area contributed by atoms with Crippen molar-refractivity contribution >= 4 is 12.9 Å². The predicted molar refractivity (Wildman–Crippen MR) is 79.7 cm³/mol. The molecule has 0 amide bonds. The van der Waals surface area contributed by atoms with E-state index in [9.17, 15) is 4.57 Å². The smallest absolute Gasteiger partial charge is 0.410 e. The van der Waals surface area contributed by atoms with Crippen LogP contribution in [0.5, 0.6) is 0 Å². The van der Waals surface area contributed by atoms with Gasteiger partial charge < -0.3 is 4.52 Å². The van der Waals surface area contributed by atoms with Crippen LogP contribution in [0.3, 0.4) is 0 Å². The number of hydrogen-bond donors (Lipinski definition) is 0. The van der Waals surface area contributed by atoms with Crippen LogP contribution in [0.2, 0.25) is 0 Å². The molecular weight excluding hydrogens is 259 g/mol. The molecule has 0 N–H and O–H groups in total. The van der Waals surface area contributed by atoms with Gasteiger partial charge in [0.1, 0.15) is 0 Å². The van der Waals surface area contributed by atoms with Crippen LogP contribution in [0.1, 0.15) is 39.5 Å². The maximum absolute atomic E-state index is 12.8. The Balaban J connectivity index is 2.66. The fourth-order valence-corrected chi connectivity index (χ4v) is 3.31. The van der Waals surface area contributed by atoms with E-state index >= 15 is 0 Å². The molecule has 0 spiro atoms. The Morgan fingerprint density at radius 1 is 1.21 bits per heavy atom. The Morgan fingerprint density at radius 2 is 1.89 bits per heavy atom. The summed E-state index contributed by atoms with van der Waals surface area (Å²) in [7, 11) is -3.28. The second-order valence-corrected chi connectivity index (χ2v) is 6.47. The molecule has 4 heteroatoms. The first-order valence-electron chi connectivity index (χ1n) is 6.74. The zero-order chi connectivity index (χ0) is 14.1. The van der Waals surface area contributed by atoms with Gasteiger partial charge in [0.15, 0.2) is 0 Å². The molecule has 106 valence electrons. The molecule has 0 saturated carbocycles. The molecule has 0 bridgehead atoms. The van der Waals surface area contributed by atoms with Crippen molar-refractivity contribution in [1.29, 1.82) is 0 Å². The van der Waals surface area contributed by atoms with Crippen LogP contribution in [-0.2, 0) is 13.6 Å². The zero-order valence-electron chi connectivity index (χ0n) is 11.8. The van der Waals surface area contributed by atoms with Crippen LogP contribution in [-0.4, -0.2) is 6.61 Å². The van der Waals surface area contributed by atoms with Crippen molar-refractivity contribution in [2.75, 3.05) is 6.61 Å². The van der Waals surface area contributed by atoms with E-state index < -0.39 is 7.60 Å². The number of hydrogen-bond acceptors (Lipinski definition) is 3. The number of unbranched alkanes of at least 4 members (excludes halogenated alkanes) is 3. The molecule has 0 saturated heterocycles. The first kappa shape index (κ1) is 16.0. The van der Waals surface area contributed by atoms with Crippen LogP contribution < -0.4 is 5.30 Å². The predicted octanol–water partition coefficient (Wildman–Crippen LogP) is 4.65. The molecule has 0 aliphatic rings. The van der Waals surface area contributed by atoms with E-state index in [4.69, 9.17) is 9.05 Å². The summed E-state index contributed by atoms with van der Waals surface area (Å²) in [6.07, 6.45) is 4.31. The van der Waals surface area contributed by atoms with E-state index in [0.717, 1.165) is 12.8 Å². The second kappa shape index (κ2) is 8.19. The van der Waals surface area contributed by atoms with Gasteiger partial charge in [-0.3, -0.25) is 4.52 Å². The SMILES string of the molecule is C=C(C)OP(=O)(OCCCCCC)c1ccccc1. The molecule has 0 aliphatic heterocycles. The molecule has 1 aromatic rings. The van der Waals surface area contributed by atoms with Crippen molar-refractivity contribution < 1.29 is 13.6 Å². The molecule has 0 heterocycles. The van der Waals surface area contributed by atoms with Crippen LogP contribution >= 0.6 is 7.60 Å². The summed E-state index contributed by atoms with van der Waals surface area (Å²) in [5.41, 5.74) is 0. The molecule has 3 nitrogen and oxygen atoms in total. The van der Waals surface area contributed by atoms with Gasteiger partial charge in [-0.2, -0.15) is 0 Å². The highest BCUT2D eigenvalue weighted by atomic mass is 31.2. The minimum Gasteiger partial charge on any atom is -0.427 e. The van der Waals surface area contributed by atoms with Crippen LogP contribution in [0, 0.1) is 0 Å². The highest BCUT2D eigenvalue weighted by Crippen LogP contribution is 2.48. The van der Waals surface area contributed by atoms with Crippen LogP contribution in [0.25, 0.3) is 0 Å². The van der Waals surface area contributed by atoms with E-state index in [1.54, 1.807) is 19.1 Å². The molecule has 19 heavy (non-hydrogen) atoms. The topological polar surface area (TPSA) is 35.5 Å². The lowest BCUT2D eigenvalue weighted by Crippen LogP contribution is -2.10. The summed E-state index contributed by atoms with van der Waals surface area (Å²) in [5, 5.41) is 0.577. The highest BCUT2D eigenvalue weighted by Gasteiger charge is 2.28. The van der Waals surface area contributed by atoms with Gasteiger partial charge in [0.25, 0.3) is 0 Å². The molecule has 1 aromatic carbocycles. The van der Waals surface area contributed by atoms with Crippen molar-refractivity contribution in [3.63, 3.8) is 0 Å². The van der Waals surface area contributed by atoms with Gasteiger partial charge in [0.2, 0.25) is 0 Å². The summed E-state index contributed by atoms with van der Waals surface area (Å²) in [5.74, 6) is 0.403. The average Bonchev–Trinajstić information content (AvgIpc) is 2.39. The normalized spacial score (nSPS) is 13.8. The summed E-state index contributed by atoms with van der Waals surface area (Å²) < 4.78 is 23.7. The van der Waals surface area contributed by atoms with E-state index in [-0.39, 0.29) is 0 Å². The van der Waals surface area contributed by atoms with Crippen molar-refractivity contribution in [1.82, 2.24) is 0 Å². The molecule has 1 atom stereocenters. The minimum absolute atomic E-state index is 0.403. The Bertz CT molecular complexity index is 428. The highest BCUT2D eigenvalue weighted by molar-refractivity contribution is 7.62. The molecule has 0 aromatic heterocycles. The second-order valence-electron chi connectivity index (χ2n) is 4.52. The van der Waals surface area contributed by atoms with E-state index in [1.807, 2.05) is 18.2 Å². The van der Waals surface area contributed by atoms with Gasteiger partial charge in [0.05, 0.1) is 17.7 Å². The van der Waals surface area contributed by atoms with E-state index in [1.165, 1.54) is 12.8 Å². The lowest BCUT2D eigenvalue weighted by atomic mass is 10.2. The van der Waals surface area contributed by atoms with Gasteiger partial charge in [0, 0.05) is 0 Å². The van der Waals surface area contributed by atoms with Gasteiger partial charge in [-0.05, 0) is 25.5 Å². The van der Waals surface area contributed by atoms with Crippen molar-refractivity contribution in [3.05, 3.63) is 42.7 Å². The maximum Gasteiger partial charge on any atom is 0.410 e. The standard InChI is InChI=1S/C15H23O3P/c1-4-5-6-10-13-17-19(16,18-14(2)3)15-11-8-7-9-12-15/h7-9,11-12H,2,4-6,10,13H2,1,3H3. The molecule has 1 rings (SSSR count). The summed E-state index contributed by atoms with van der Waals surface area (Å²) >= 11 is 0. The summed E-state index contributed by atoms with van der Waals surface area (Å²) in [4.78, 5) is 0. The zero-order valence-corrected chi connectivity index (χ0v) is 12.7. The Kier molecular flexibility index (Phi) is 6.90. The number of benzene rings is 1. The monoisotopic (exact) mass is 282 g/mol. The quantitative estimate of drug-likeness (QED) is 0.375. The Hall–Kier alpha value is -1.05. The van der Waals surface area contributed by atoms with Gasteiger partial charge in [-0.25, -0.2) is 4.57 Å². The Morgan fingerprint density at radius 3 is 2.47 bits per heavy atom. The van der Waals surface area contributed by atoms with E-state index in [0.29, 0.717) is 17.7 Å². The van der Waals surface area contributed by atoms with Gasteiger partial charge in [-0.15, -0.1) is 0 Å². The molecule has 0 aliphatic carbocycles. The van der Waals surface area contributed by atoms with Gasteiger partial charge in [-0.1, -0.05) is 51.0 Å². The van der Waals surface area contributed by atoms with Gasteiger partial charge >= 0.3 is 7.60 Å². The Labute approximate surface area is 116 Å². The summed E-state index contributed by atoms with van der Waals surface area (Å²) in [6.45, 7) is 7.92. The molecule has 0 radical (unpaired) electrons. The largest absolute Gasteiger partial charge is 0.427 e. The lowest BCUT2D eigenvalue weighted by Gasteiger charge is -2.19. The first-order valence-corrected chi connectivity index (χ1v) is 8.28. The van der Waals surface area contributed by atoms with Crippen LogP contribution in [0.15, 0.2) is 42.7 Å². The minimum atomic E-state index is -3.28. The fraction of sp³-hybridized carbons (Fsp3) is 0.467.